The summed E-state index contributed by atoms with van der Waals surface area (Å²) in [6.07, 6.45) is 9.11. The molecule has 1 aliphatic carbocycles. The molecule has 0 atom stereocenters. The van der Waals surface area contributed by atoms with Crippen molar-refractivity contribution < 1.29 is 8.42 Å². The van der Waals surface area contributed by atoms with E-state index in [9.17, 15) is 8.42 Å². The first kappa shape index (κ1) is 16.4. The van der Waals surface area contributed by atoms with Crippen LogP contribution in [0, 0.1) is 6.92 Å². The maximum Gasteiger partial charge on any atom is 0.279 e. The van der Waals surface area contributed by atoms with Crippen LogP contribution in [0.2, 0.25) is 0 Å². The first-order chi connectivity index (χ1) is 11.0. The molecule has 2 aromatic rings. The fourth-order valence-corrected chi connectivity index (χ4v) is 4.27. The SMILES string of the molecule is Cc1ccn2cc(CNS(=O)(=O)N(C)C3CCCCC3)nc2c1. The van der Waals surface area contributed by atoms with Crippen molar-refractivity contribution in [2.45, 2.75) is 51.6 Å². The molecule has 0 aliphatic heterocycles. The molecule has 1 fully saturated rings. The molecule has 0 bridgehead atoms. The van der Waals surface area contributed by atoms with Crippen LogP contribution in [0.1, 0.15) is 43.4 Å². The van der Waals surface area contributed by atoms with Crippen molar-refractivity contribution in [3.63, 3.8) is 0 Å². The van der Waals surface area contributed by atoms with Crippen LogP contribution in [-0.4, -0.2) is 35.2 Å². The van der Waals surface area contributed by atoms with Gasteiger partial charge in [-0.05, 0) is 37.5 Å². The summed E-state index contributed by atoms with van der Waals surface area (Å²) in [6, 6.07) is 4.09. The van der Waals surface area contributed by atoms with Gasteiger partial charge >= 0.3 is 0 Å². The van der Waals surface area contributed by atoms with Crippen molar-refractivity contribution in [3.8, 4) is 0 Å². The van der Waals surface area contributed by atoms with E-state index in [1.54, 1.807) is 7.05 Å². The summed E-state index contributed by atoms with van der Waals surface area (Å²) >= 11 is 0. The Morgan fingerprint density at radius 3 is 2.83 bits per heavy atom. The van der Waals surface area contributed by atoms with Crippen molar-refractivity contribution in [1.29, 1.82) is 0 Å². The molecule has 126 valence electrons. The molecule has 6 nitrogen and oxygen atoms in total. The van der Waals surface area contributed by atoms with E-state index in [1.165, 1.54) is 10.7 Å². The minimum absolute atomic E-state index is 0.116. The first-order valence-electron chi connectivity index (χ1n) is 8.12. The van der Waals surface area contributed by atoms with Crippen LogP contribution in [0.15, 0.2) is 24.5 Å². The Balaban J connectivity index is 1.67. The Morgan fingerprint density at radius 1 is 1.35 bits per heavy atom. The zero-order valence-corrected chi connectivity index (χ0v) is 14.5. The van der Waals surface area contributed by atoms with Gasteiger partial charge in [-0.1, -0.05) is 19.3 Å². The average Bonchev–Trinajstić information content (AvgIpc) is 2.95. The molecule has 0 spiro atoms. The summed E-state index contributed by atoms with van der Waals surface area (Å²) in [4.78, 5) is 4.47. The lowest BCUT2D eigenvalue weighted by Crippen LogP contribution is -2.44. The second-order valence-electron chi connectivity index (χ2n) is 6.34. The van der Waals surface area contributed by atoms with Crippen molar-refractivity contribution in [2.75, 3.05) is 7.05 Å². The van der Waals surface area contributed by atoms with Crippen molar-refractivity contribution in [1.82, 2.24) is 18.4 Å². The Hall–Kier alpha value is -1.44. The van der Waals surface area contributed by atoms with Gasteiger partial charge in [0.25, 0.3) is 10.2 Å². The number of aryl methyl sites for hydroxylation is 1. The van der Waals surface area contributed by atoms with Crippen molar-refractivity contribution >= 4 is 15.9 Å². The van der Waals surface area contributed by atoms with Gasteiger partial charge < -0.3 is 4.40 Å². The van der Waals surface area contributed by atoms with Gasteiger partial charge in [-0.2, -0.15) is 17.4 Å². The predicted molar refractivity (Wildman–Crippen MR) is 90.3 cm³/mol. The highest BCUT2D eigenvalue weighted by Crippen LogP contribution is 2.23. The van der Waals surface area contributed by atoms with E-state index in [0.29, 0.717) is 0 Å². The maximum absolute atomic E-state index is 12.5. The Morgan fingerprint density at radius 2 is 2.09 bits per heavy atom. The van der Waals surface area contributed by atoms with E-state index in [0.717, 1.165) is 42.6 Å². The molecular weight excluding hydrogens is 312 g/mol. The minimum atomic E-state index is -3.47. The number of hydrogen-bond acceptors (Lipinski definition) is 3. The summed E-state index contributed by atoms with van der Waals surface area (Å²) < 4.78 is 31.0. The predicted octanol–water partition coefficient (Wildman–Crippen LogP) is 2.24. The van der Waals surface area contributed by atoms with E-state index in [4.69, 9.17) is 0 Å². The Kier molecular flexibility index (Phi) is 4.70. The lowest BCUT2D eigenvalue weighted by atomic mass is 9.96. The van der Waals surface area contributed by atoms with Crippen molar-refractivity contribution in [3.05, 3.63) is 35.8 Å². The molecule has 3 rings (SSSR count). The lowest BCUT2D eigenvalue weighted by Gasteiger charge is -2.30. The molecule has 2 heterocycles. The van der Waals surface area contributed by atoms with Gasteiger partial charge in [-0.3, -0.25) is 0 Å². The van der Waals surface area contributed by atoms with Gasteiger partial charge in [-0.15, -0.1) is 0 Å². The van der Waals surface area contributed by atoms with Crippen LogP contribution in [0.3, 0.4) is 0 Å². The summed E-state index contributed by atoms with van der Waals surface area (Å²) in [5, 5.41) is 0. The van der Waals surface area contributed by atoms with E-state index in [2.05, 4.69) is 9.71 Å². The quantitative estimate of drug-likeness (QED) is 0.910. The molecule has 1 aliphatic rings. The number of hydrogen-bond donors (Lipinski definition) is 1. The van der Waals surface area contributed by atoms with Gasteiger partial charge in [0.2, 0.25) is 0 Å². The normalized spacial score (nSPS) is 17.2. The third kappa shape index (κ3) is 3.73. The molecule has 0 saturated heterocycles. The number of rotatable bonds is 5. The zero-order chi connectivity index (χ0) is 16.4. The van der Waals surface area contributed by atoms with Crippen LogP contribution >= 0.6 is 0 Å². The van der Waals surface area contributed by atoms with Crippen molar-refractivity contribution in [2.24, 2.45) is 0 Å². The lowest BCUT2D eigenvalue weighted by molar-refractivity contribution is 0.283. The monoisotopic (exact) mass is 336 g/mol. The van der Waals surface area contributed by atoms with Crippen LogP contribution in [0.4, 0.5) is 0 Å². The zero-order valence-electron chi connectivity index (χ0n) is 13.7. The third-order valence-corrected chi connectivity index (χ3v) is 6.13. The van der Waals surface area contributed by atoms with Gasteiger partial charge in [0.1, 0.15) is 5.65 Å². The number of pyridine rings is 1. The maximum atomic E-state index is 12.5. The van der Waals surface area contributed by atoms with E-state index >= 15 is 0 Å². The fourth-order valence-electron chi connectivity index (χ4n) is 3.13. The van der Waals surface area contributed by atoms with E-state index < -0.39 is 10.2 Å². The second kappa shape index (κ2) is 6.59. The molecule has 0 aromatic carbocycles. The Labute approximate surface area is 137 Å². The molecule has 0 radical (unpaired) electrons. The summed E-state index contributed by atoms with van der Waals surface area (Å²) in [7, 11) is -1.80. The van der Waals surface area contributed by atoms with E-state index in [-0.39, 0.29) is 12.6 Å². The molecule has 0 amide bonds. The summed E-state index contributed by atoms with van der Waals surface area (Å²) in [6.45, 7) is 2.22. The van der Waals surface area contributed by atoms with E-state index in [1.807, 2.05) is 35.9 Å². The molecule has 7 heteroatoms. The number of imidazole rings is 1. The third-order valence-electron chi connectivity index (χ3n) is 4.57. The second-order valence-corrected chi connectivity index (χ2v) is 8.15. The smallest absolute Gasteiger partial charge is 0.279 e. The van der Waals surface area contributed by atoms with Gasteiger partial charge in [0.15, 0.2) is 0 Å². The van der Waals surface area contributed by atoms with Gasteiger partial charge in [0, 0.05) is 25.5 Å². The standard InChI is InChI=1S/C16H24N4O2S/c1-13-8-9-20-12-14(18-16(20)10-13)11-17-23(21,22)19(2)15-6-4-3-5-7-15/h8-10,12,15,17H,3-7,11H2,1-2H3. The highest BCUT2D eigenvalue weighted by molar-refractivity contribution is 7.87. The number of aromatic nitrogens is 2. The first-order valence-corrected chi connectivity index (χ1v) is 9.56. The topological polar surface area (TPSA) is 66.7 Å². The minimum Gasteiger partial charge on any atom is -0.307 e. The summed E-state index contributed by atoms with van der Waals surface area (Å²) in [5.41, 5.74) is 2.68. The number of nitrogens with zero attached hydrogens (tertiary/aromatic N) is 3. The van der Waals surface area contributed by atoms with Gasteiger partial charge in [-0.25, -0.2) is 4.98 Å². The fraction of sp³-hybridized carbons (Fsp3) is 0.562. The molecule has 23 heavy (non-hydrogen) atoms. The highest BCUT2D eigenvalue weighted by Gasteiger charge is 2.27. The molecular formula is C16H24N4O2S. The molecule has 1 saturated carbocycles. The number of fused-ring (bicyclic) bond motifs is 1. The van der Waals surface area contributed by atoms with Crippen LogP contribution < -0.4 is 4.72 Å². The highest BCUT2D eigenvalue weighted by atomic mass is 32.2. The average molecular weight is 336 g/mol. The van der Waals surface area contributed by atoms with Crippen LogP contribution in [0.25, 0.3) is 5.65 Å². The van der Waals surface area contributed by atoms with Crippen LogP contribution in [-0.2, 0) is 16.8 Å². The molecule has 1 N–H and O–H groups in total. The van der Waals surface area contributed by atoms with Crippen LogP contribution in [0.5, 0.6) is 0 Å². The largest absolute Gasteiger partial charge is 0.307 e. The summed E-state index contributed by atoms with van der Waals surface area (Å²) in [5.74, 6) is 0. The number of nitrogens with one attached hydrogen (secondary N) is 1. The van der Waals surface area contributed by atoms with Gasteiger partial charge in [0.05, 0.1) is 12.2 Å². The Bertz CT molecular complexity index is 778. The molecule has 0 unspecified atom stereocenters. The molecule has 2 aromatic heterocycles.